The number of amides is 1. The van der Waals surface area contributed by atoms with E-state index in [1.54, 1.807) is 18.2 Å². The molecule has 3 rings (SSSR count). The average molecular weight is 552 g/mol. The normalized spacial score (nSPS) is 11.5. The molecule has 3 aromatic rings. The third kappa shape index (κ3) is 9.10. The van der Waals surface area contributed by atoms with Gasteiger partial charge < -0.3 is 20.0 Å². The Labute approximate surface area is 244 Å². The molecule has 0 spiro atoms. The smallest absolute Gasteiger partial charge is 0.548 e. The van der Waals surface area contributed by atoms with Crippen LogP contribution in [0, 0.1) is 6.92 Å². The molecule has 0 radical (unpaired) electrons. The zero-order valence-electron chi connectivity index (χ0n) is 21.2. The maximum absolute atomic E-state index is 13.2. The van der Waals surface area contributed by atoms with Crippen LogP contribution in [0.25, 0.3) is 11.1 Å². The van der Waals surface area contributed by atoms with E-state index in [9.17, 15) is 14.7 Å². The molecule has 1 amide bonds. The van der Waals surface area contributed by atoms with Gasteiger partial charge in [0.25, 0.3) is 5.91 Å². The van der Waals surface area contributed by atoms with Crippen molar-refractivity contribution in [1.82, 2.24) is 5.32 Å². The van der Waals surface area contributed by atoms with Crippen molar-refractivity contribution in [2.45, 2.75) is 32.4 Å². The van der Waals surface area contributed by atoms with E-state index in [0.29, 0.717) is 47.4 Å². The fourth-order valence-electron chi connectivity index (χ4n) is 3.79. The summed E-state index contributed by atoms with van der Waals surface area (Å²) in [5.74, 6) is -1.14. The van der Waals surface area contributed by atoms with Crippen molar-refractivity contribution in [3.8, 4) is 11.1 Å². The van der Waals surface area contributed by atoms with E-state index in [1.165, 1.54) is 11.8 Å². The van der Waals surface area contributed by atoms with Crippen molar-refractivity contribution < 1.29 is 38.3 Å². The van der Waals surface area contributed by atoms with Gasteiger partial charge in [-0.1, -0.05) is 59.6 Å². The maximum Gasteiger partial charge on any atom is 1.00 e. The molecule has 0 aliphatic heterocycles. The number of benzene rings is 3. The predicted octanol–water partition coefficient (Wildman–Crippen LogP) is 2.33. The zero-order valence-corrected chi connectivity index (χ0v) is 23.5. The Balaban J connectivity index is 0.00000481. The summed E-state index contributed by atoms with van der Waals surface area (Å²) in [7, 11) is 0. The van der Waals surface area contributed by atoms with Crippen molar-refractivity contribution in [2.24, 2.45) is 0 Å². The largest absolute Gasteiger partial charge is 1.00 e. The van der Waals surface area contributed by atoms with Crippen LogP contribution >= 0.6 is 35.0 Å². The van der Waals surface area contributed by atoms with Crippen LogP contribution in [0.2, 0.25) is 10.0 Å². The first-order valence-electron chi connectivity index (χ1n) is 11.5. The van der Waals surface area contributed by atoms with Gasteiger partial charge in [-0.25, -0.2) is 0 Å². The minimum Gasteiger partial charge on any atom is -0.548 e. The van der Waals surface area contributed by atoms with Crippen LogP contribution in [0.15, 0.2) is 60.7 Å². The van der Waals surface area contributed by atoms with Gasteiger partial charge in [-0.3, -0.25) is 4.79 Å². The van der Waals surface area contributed by atoms with E-state index in [1.807, 2.05) is 55.6 Å². The molecule has 0 saturated heterocycles. The van der Waals surface area contributed by atoms with Crippen molar-refractivity contribution in [2.75, 3.05) is 18.6 Å². The topological polar surface area (TPSA) is 78.5 Å². The van der Waals surface area contributed by atoms with Crippen LogP contribution in [-0.2, 0) is 22.6 Å². The van der Waals surface area contributed by atoms with Crippen molar-refractivity contribution in [3.63, 3.8) is 0 Å². The van der Waals surface area contributed by atoms with Crippen LogP contribution in [0.4, 0.5) is 0 Å². The second-order valence-electron chi connectivity index (χ2n) is 8.36. The summed E-state index contributed by atoms with van der Waals surface area (Å²) in [6.07, 6.45) is 2.82. The molecular formula is C28H28Cl2LiNO4S. The molecule has 1 atom stereocenters. The first-order valence-corrected chi connectivity index (χ1v) is 13.7. The number of ether oxygens (including phenoxy) is 1. The van der Waals surface area contributed by atoms with Gasteiger partial charge in [0, 0.05) is 15.6 Å². The number of carboxylic acid groups (broad SMARTS) is 1. The van der Waals surface area contributed by atoms with Crippen LogP contribution in [0.3, 0.4) is 0 Å². The van der Waals surface area contributed by atoms with E-state index < -0.39 is 17.9 Å². The van der Waals surface area contributed by atoms with Gasteiger partial charge in [-0.05, 0) is 83.9 Å². The number of nitrogens with one attached hydrogen (secondary N) is 1. The van der Waals surface area contributed by atoms with E-state index in [0.717, 1.165) is 27.8 Å². The summed E-state index contributed by atoms with van der Waals surface area (Å²) in [5.41, 5.74) is 4.86. The number of aryl methyl sites for hydroxylation is 1. The Hall–Kier alpha value is -1.91. The monoisotopic (exact) mass is 551 g/mol. The minimum absolute atomic E-state index is 0. The fourth-order valence-corrected chi connectivity index (χ4v) is 4.77. The summed E-state index contributed by atoms with van der Waals surface area (Å²) in [5, 5.41) is 15.4. The van der Waals surface area contributed by atoms with Crippen molar-refractivity contribution in [1.29, 1.82) is 0 Å². The summed E-state index contributed by atoms with van der Waals surface area (Å²) in [4.78, 5) is 24.7. The molecule has 0 fully saturated rings. The third-order valence-electron chi connectivity index (χ3n) is 5.76. The summed E-state index contributed by atoms with van der Waals surface area (Å²) >= 11 is 13.7. The SMILES string of the molecule is CSCC[C@H](NC(=O)c1ccc(COCCc2ccc(Cl)cc2Cl)cc1-c1ccccc1C)C(=O)[O-].[Li+]. The van der Waals surface area contributed by atoms with Crippen LogP contribution in [0.5, 0.6) is 0 Å². The number of hydrogen-bond donors (Lipinski definition) is 1. The molecule has 0 heterocycles. The summed E-state index contributed by atoms with van der Waals surface area (Å²) in [6, 6.07) is 17.5. The molecule has 0 aliphatic carbocycles. The van der Waals surface area contributed by atoms with Gasteiger partial charge in [-0.2, -0.15) is 11.8 Å². The molecule has 3 aromatic carbocycles. The number of halogens is 2. The molecule has 0 saturated carbocycles. The summed E-state index contributed by atoms with van der Waals surface area (Å²) in [6.45, 7) is 2.78. The van der Waals surface area contributed by atoms with Gasteiger partial charge in [0.2, 0.25) is 0 Å². The Bertz CT molecular complexity index is 1220. The van der Waals surface area contributed by atoms with E-state index in [2.05, 4.69) is 5.32 Å². The quantitative estimate of drug-likeness (QED) is 0.276. The number of rotatable bonds is 12. The third-order valence-corrected chi connectivity index (χ3v) is 6.99. The van der Waals surface area contributed by atoms with Crippen LogP contribution < -0.4 is 29.3 Å². The Kier molecular flexibility index (Phi) is 13.1. The number of thioether (sulfide) groups is 1. The summed E-state index contributed by atoms with van der Waals surface area (Å²) < 4.78 is 5.89. The van der Waals surface area contributed by atoms with Crippen LogP contribution in [0.1, 0.15) is 33.5 Å². The zero-order chi connectivity index (χ0) is 26.1. The number of aliphatic carboxylic acids is 1. The first kappa shape index (κ1) is 31.3. The van der Waals surface area contributed by atoms with E-state index in [4.69, 9.17) is 27.9 Å². The Morgan fingerprint density at radius 3 is 2.49 bits per heavy atom. The van der Waals surface area contributed by atoms with E-state index in [-0.39, 0.29) is 18.9 Å². The molecule has 5 nitrogen and oxygen atoms in total. The second-order valence-corrected chi connectivity index (χ2v) is 10.2. The van der Waals surface area contributed by atoms with Gasteiger partial charge in [0.05, 0.1) is 25.2 Å². The molecule has 0 aromatic heterocycles. The van der Waals surface area contributed by atoms with Gasteiger partial charge in [0.1, 0.15) is 0 Å². The number of hydrogen-bond acceptors (Lipinski definition) is 5. The maximum atomic E-state index is 13.2. The molecule has 190 valence electrons. The molecular weight excluding hydrogens is 524 g/mol. The number of carbonyl (C=O) groups excluding carboxylic acids is 2. The molecule has 0 bridgehead atoms. The van der Waals surface area contributed by atoms with Crippen molar-refractivity contribution in [3.05, 3.63) is 93.0 Å². The minimum atomic E-state index is -1.29. The van der Waals surface area contributed by atoms with Crippen LogP contribution in [-0.4, -0.2) is 36.5 Å². The molecule has 0 aliphatic rings. The molecule has 1 N–H and O–H groups in total. The standard InChI is InChI=1S/C28H29Cl2NO4S.Li/c1-18-5-3-4-6-22(18)24-15-19(17-35-13-11-20-8-9-21(29)16-25(20)30)7-10-23(24)27(32)31-26(28(33)34)12-14-36-2;/h3-10,15-16,26H,11-14,17H2,1-2H3,(H,31,32)(H,33,34);/q;+1/p-1/t26-;/m0./s1. The second kappa shape index (κ2) is 15.5. The van der Waals surface area contributed by atoms with Gasteiger partial charge in [-0.15, -0.1) is 0 Å². The Morgan fingerprint density at radius 1 is 1.05 bits per heavy atom. The van der Waals surface area contributed by atoms with E-state index >= 15 is 0 Å². The predicted molar refractivity (Wildman–Crippen MR) is 146 cm³/mol. The number of carboxylic acids is 1. The van der Waals surface area contributed by atoms with Gasteiger partial charge >= 0.3 is 18.9 Å². The molecule has 0 unspecified atom stereocenters. The van der Waals surface area contributed by atoms with Crippen molar-refractivity contribution >= 4 is 46.8 Å². The average Bonchev–Trinajstić information content (AvgIpc) is 2.85. The number of carbonyl (C=O) groups is 2. The molecule has 37 heavy (non-hydrogen) atoms. The fraction of sp³-hybridized carbons (Fsp3) is 0.286. The van der Waals surface area contributed by atoms with Gasteiger partial charge in [0.15, 0.2) is 0 Å². The Morgan fingerprint density at radius 2 is 1.81 bits per heavy atom. The molecule has 9 heteroatoms. The first-order chi connectivity index (χ1) is 17.3.